The zero-order chi connectivity index (χ0) is 23.0. The number of sulfonamides is 1. The minimum atomic E-state index is -4.45. The molecule has 164 valence electrons. The van der Waals surface area contributed by atoms with E-state index in [4.69, 9.17) is 0 Å². The third kappa shape index (κ3) is 5.52. The lowest BCUT2D eigenvalue weighted by Crippen LogP contribution is -2.27. The highest BCUT2D eigenvalue weighted by Gasteiger charge is 2.30. The predicted octanol–water partition coefficient (Wildman–Crippen LogP) is 4.42. The van der Waals surface area contributed by atoms with Crippen LogP contribution >= 0.6 is 0 Å². The lowest BCUT2D eigenvalue weighted by molar-refractivity contribution is -0.137. The first-order valence-corrected chi connectivity index (χ1v) is 11.1. The molecule has 0 radical (unpaired) electrons. The smallest absolute Gasteiger partial charge is 0.344 e. The van der Waals surface area contributed by atoms with Crippen molar-refractivity contribution in [1.29, 1.82) is 0 Å². The number of carbonyl (C=O) groups excluding carboxylic acids is 1. The molecule has 1 aromatic heterocycles. The molecule has 0 bridgehead atoms. The molecule has 1 heterocycles. The molecule has 0 unspecified atom stereocenters. The van der Waals surface area contributed by atoms with Crippen LogP contribution in [0.4, 0.5) is 18.9 Å². The van der Waals surface area contributed by atoms with Crippen LogP contribution in [0, 0.1) is 6.92 Å². The van der Waals surface area contributed by atoms with Gasteiger partial charge in [0.1, 0.15) is 5.69 Å². The summed E-state index contributed by atoms with van der Waals surface area (Å²) in [6.45, 7) is 3.50. The van der Waals surface area contributed by atoms with E-state index < -0.39 is 33.7 Å². The number of aromatic nitrogens is 1. The van der Waals surface area contributed by atoms with Gasteiger partial charge in [-0.2, -0.15) is 13.2 Å². The molecule has 0 saturated carbocycles. The van der Waals surface area contributed by atoms with Gasteiger partial charge in [0.05, 0.1) is 29.1 Å². The van der Waals surface area contributed by atoms with E-state index in [9.17, 15) is 26.4 Å². The Balaban J connectivity index is 1.77. The Labute approximate surface area is 177 Å². The predicted molar refractivity (Wildman–Crippen MR) is 112 cm³/mol. The van der Waals surface area contributed by atoms with E-state index in [1.165, 1.54) is 18.2 Å². The molecule has 3 aromatic rings. The topological polar surface area (TPSA) is 88.2 Å². The van der Waals surface area contributed by atoms with Crippen molar-refractivity contribution in [3.63, 3.8) is 0 Å². The third-order valence-electron chi connectivity index (χ3n) is 4.64. The fourth-order valence-electron chi connectivity index (χ4n) is 3.05. The van der Waals surface area contributed by atoms with Gasteiger partial charge >= 0.3 is 6.18 Å². The highest BCUT2D eigenvalue weighted by molar-refractivity contribution is 7.92. The molecule has 2 aromatic carbocycles. The summed E-state index contributed by atoms with van der Waals surface area (Å²) >= 11 is 0. The van der Waals surface area contributed by atoms with Gasteiger partial charge in [0.15, 0.2) is 0 Å². The summed E-state index contributed by atoms with van der Waals surface area (Å²) in [4.78, 5) is 16.8. The summed E-state index contributed by atoms with van der Waals surface area (Å²) in [5, 5.41) is 3.07. The van der Waals surface area contributed by atoms with E-state index in [1.54, 1.807) is 32.0 Å². The van der Waals surface area contributed by atoms with E-state index in [0.717, 1.165) is 24.0 Å². The van der Waals surface area contributed by atoms with Gasteiger partial charge in [0.2, 0.25) is 10.0 Å². The van der Waals surface area contributed by atoms with Gasteiger partial charge in [-0.1, -0.05) is 18.2 Å². The van der Waals surface area contributed by atoms with Crippen LogP contribution in [0.2, 0.25) is 0 Å². The van der Waals surface area contributed by atoms with Crippen LogP contribution < -0.4 is 10.0 Å². The number of alkyl halides is 3. The molecular formula is C21H20F3N3O3S. The van der Waals surface area contributed by atoms with Crippen LogP contribution in [0.5, 0.6) is 0 Å². The number of rotatable bonds is 5. The molecule has 10 heteroatoms. The number of pyridine rings is 1. The number of nitrogens with one attached hydrogen (secondary N) is 2. The third-order valence-corrected chi connectivity index (χ3v) is 5.23. The van der Waals surface area contributed by atoms with Crippen LogP contribution in [0.15, 0.2) is 48.5 Å². The van der Waals surface area contributed by atoms with Crippen molar-refractivity contribution in [3.8, 4) is 0 Å². The Kier molecular flexibility index (Phi) is 5.95. The summed E-state index contributed by atoms with van der Waals surface area (Å²) in [6.07, 6.45) is -3.39. The Morgan fingerprint density at radius 3 is 2.39 bits per heavy atom. The van der Waals surface area contributed by atoms with Gasteiger partial charge in [0.25, 0.3) is 5.91 Å². The van der Waals surface area contributed by atoms with Crippen molar-refractivity contribution >= 4 is 32.5 Å². The first kappa shape index (κ1) is 22.5. The standard InChI is InChI=1S/C21H20F3N3O3S/c1-12-10-14(4-7-17(12)27-31(3,29)30)13(2)25-20(28)19-8-5-15-11-16(21(22,23)24)6-9-18(15)26-19/h4-11,13,27H,1-3H3,(H,25,28)/t13-/m1/s1. The van der Waals surface area contributed by atoms with E-state index in [0.29, 0.717) is 11.3 Å². The zero-order valence-electron chi connectivity index (χ0n) is 16.9. The van der Waals surface area contributed by atoms with Gasteiger partial charge < -0.3 is 5.32 Å². The molecular weight excluding hydrogens is 431 g/mol. The van der Waals surface area contributed by atoms with Crippen molar-refractivity contribution < 1.29 is 26.4 Å². The number of carbonyl (C=O) groups is 1. The van der Waals surface area contributed by atoms with Crippen molar-refractivity contribution in [1.82, 2.24) is 10.3 Å². The summed E-state index contributed by atoms with van der Waals surface area (Å²) in [7, 11) is -3.41. The number of hydrogen-bond donors (Lipinski definition) is 2. The van der Waals surface area contributed by atoms with Crippen LogP contribution in [0.1, 0.15) is 40.1 Å². The van der Waals surface area contributed by atoms with Gasteiger partial charge in [0, 0.05) is 5.39 Å². The maximum absolute atomic E-state index is 12.8. The molecule has 0 aliphatic heterocycles. The van der Waals surface area contributed by atoms with Crippen molar-refractivity contribution in [2.75, 3.05) is 11.0 Å². The lowest BCUT2D eigenvalue weighted by atomic mass is 10.0. The number of benzene rings is 2. The molecule has 0 saturated heterocycles. The Bertz CT molecular complexity index is 1260. The second kappa shape index (κ2) is 8.18. The molecule has 3 rings (SSSR count). The number of anilines is 1. The highest BCUT2D eigenvalue weighted by Crippen LogP contribution is 2.31. The summed E-state index contributed by atoms with van der Waals surface area (Å²) in [6, 6.07) is 10.6. The van der Waals surface area contributed by atoms with Crippen LogP contribution in [-0.2, 0) is 16.2 Å². The van der Waals surface area contributed by atoms with Crippen LogP contribution in [0.25, 0.3) is 10.9 Å². The van der Waals surface area contributed by atoms with Gasteiger partial charge in [-0.3, -0.25) is 9.52 Å². The Hall–Kier alpha value is -3.14. The van der Waals surface area contributed by atoms with Crippen molar-refractivity contribution in [2.45, 2.75) is 26.1 Å². The number of aryl methyl sites for hydroxylation is 1. The number of hydrogen-bond acceptors (Lipinski definition) is 4. The molecule has 0 spiro atoms. The Morgan fingerprint density at radius 1 is 1.06 bits per heavy atom. The van der Waals surface area contributed by atoms with Crippen LogP contribution in [0.3, 0.4) is 0 Å². The monoisotopic (exact) mass is 451 g/mol. The minimum Gasteiger partial charge on any atom is -0.344 e. The fourth-order valence-corrected chi connectivity index (χ4v) is 3.68. The minimum absolute atomic E-state index is 0.0752. The fraction of sp³-hybridized carbons (Fsp3) is 0.238. The first-order chi connectivity index (χ1) is 14.3. The number of nitrogens with zero attached hydrogens (tertiary/aromatic N) is 1. The van der Waals surface area contributed by atoms with E-state index in [1.807, 2.05) is 0 Å². The SMILES string of the molecule is Cc1cc([C@@H](C)NC(=O)c2ccc3cc(C(F)(F)F)ccc3n2)ccc1NS(C)(=O)=O. The van der Waals surface area contributed by atoms with Crippen molar-refractivity contribution in [3.05, 3.63) is 70.9 Å². The molecule has 6 nitrogen and oxygen atoms in total. The maximum Gasteiger partial charge on any atom is 0.416 e. The average molecular weight is 451 g/mol. The molecule has 31 heavy (non-hydrogen) atoms. The average Bonchev–Trinajstić information content (AvgIpc) is 2.66. The van der Waals surface area contributed by atoms with Gasteiger partial charge in [-0.15, -0.1) is 0 Å². The lowest BCUT2D eigenvalue weighted by Gasteiger charge is -2.16. The van der Waals surface area contributed by atoms with Gasteiger partial charge in [-0.25, -0.2) is 13.4 Å². The number of halogens is 3. The zero-order valence-corrected chi connectivity index (χ0v) is 17.7. The number of amides is 1. The molecule has 0 fully saturated rings. The second-order valence-corrected chi connectivity index (χ2v) is 8.99. The molecule has 1 atom stereocenters. The molecule has 0 aliphatic carbocycles. The van der Waals surface area contributed by atoms with E-state index in [-0.39, 0.29) is 16.6 Å². The summed E-state index contributed by atoms with van der Waals surface area (Å²) in [5.41, 5.74) is 1.45. The van der Waals surface area contributed by atoms with E-state index in [2.05, 4.69) is 15.0 Å². The van der Waals surface area contributed by atoms with Gasteiger partial charge in [-0.05, 0) is 55.3 Å². The quantitative estimate of drug-likeness (QED) is 0.601. The molecule has 0 aliphatic rings. The first-order valence-electron chi connectivity index (χ1n) is 9.21. The molecule has 1 amide bonds. The summed E-state index contributed by atoms with van der Waals surface area (Å²) in [5.74, 6) is -0.481. The Morgan fingerprint density at radius 2 is 1.77 bits per heavy atom. The molecule has 2 N–H and O–H groups in total. The summed E-state index contributed by atoms with van der Waals surface area (Å²) < 4.78 is 63.8. The largest absolute Gasteiger partial charge is 0.416 e. The van der Waals surface area contributed by atoms with Crippen molar-refractivity contribution in [2.24, 2.45) is 0 Å². The normalized spacial score (nSPS) is 13.1. The second-order valence-electron chi connectivity index (χ2n) is 7.25. The van der Waals surface area contributed by atoms with E-state index >= 15 is 0 Å². The van der Waals surface area contributed by atoms with Crippen LogP contribution in [-0.4, -0.2) is 25.6 Å². The number of fused-ring (bicyclic) bond motifs is 1. The highest BCUT2D eigenvalue weighted by atomic mass is 32.2. The maximum atomic E-state index is 12.8.